The Balaban J connectivity index is 1.55. The van der Waals surface area contributed by atoms with Gasteiger partial charge in [0.25, 0.3) is 0 Å². The Morgan fingerprint density at radius 2 is 1.91 bits per heavy atom. The van der Waals surface area contributed by atoms with Crippen molar-refractivity contribution < 1.29 is 14.3 Å². The fourth-order valence-corrected chi connectivity index (χ4v) is 4.50. The van der Waals surface area contributed by atoms with Crippen molar-refractivity contribution in [2.24, 2.45) is 0 Å². The highest BCUT2D eigenvalue weighted by Gasteiger charge is 2.20. The van der Waals surface area contributed by atoms with E-state index in [1.54, 1.807) is 7.11 Å². The molecular weight excluding hydrogens is 448 g/mol. The van der Waals surface area contributed by atoms with Crippen molar-refractivity contribution in [1.82, 2.24) is 9.97 Å². The summed E-state index contributed by atoms with van der Waals surface area (Å²) < 4.78 is 11.5. The van der Waals surface area contributed by atoms with Gasteiger partial charge in [0.2, 0.25) is 17.7 Å². The summed E-state index contributed by atoms with van der Waals surface area (Å²) in [7, 11) is 1.64. The lowest BCUT2D eigenvalue weighted by molar-refractivity contribution is -0.116. The number of hydrogen-bond acceptors (Lipinski definition) is 7. The van der Waals surface area contributed by atoms with Gasteiger partial charge in [0.15, 0.2) is 0 Å². The third-order valence-electron chi connectivity index (χ3n) is 5.22. The Hall–Kier alpha value is -3.52. The second-order valence-corrected chi connectivity index (χ2v) is 8.83. The van der Waals surface area contributed by atoms with Gasteiger partial charge in [-0.3, -0.25) is 4.79 Å². The number of thioether (sulfide) groups is 1. The molecule has 0 saturated carbocycles. The number of methoxy groups -OCH3 is 1. The maximum atomic E-state index is 12.2. The van der Waals surface area contributed by atoms with Crippen LogP contribution in [0.4, 0.5) is 17.3 Å². The van der Waals surface area contributed by atoms with Gasteiger partial charge in [-0.2, -0.15) is 16.7 Å². The Bertz CT molecular complexity index is 1180. The topological polar surface area (TPSA) is 85.4 Å². The molecule has 0 atom stereocenters. The van der Waals surface area contributed by atoms with Crippen molar-refractivity contribution in [3.8, 4) is 17.4 Å². The fraction of sp³-hybridized carbons (Fsp3) is 0.269. The van der Waals surface area contributed by atoms with Gasteiger partial charge in [0.1, 0.15) is 11.5 Å². The van der Waals surface area contributed by atoms with Gasteiger partial charge in [-0.25, -0.2) is 4.98 Å². The van der Waals surface area contributed by atoms with Crippen LogP contribution in [0.25, 0.3) is 0 Å². The smallest absolute Gasteiger partial charge is 0.230 e. The number of benzene rings is 2. The Morgan fingerprint density at radius 3 is 2.74 bits per heavy atom. The summed E-state index contributed by atoms with van der Waals surface area (Å²) in [5.41, 5.74) is 3.52. The van der Waals surface area contributed by atoms with Crippen LogP contribution in [-0.4, -0.2) is 28.7 Å². The first-order chi connectivity index (χ1) is 16.6. The van der Waals surface area contributed by atoms with E-state index in [0.717, 1.165) is 40.6 Å². The normalized spacial score (nSPS) is 12.8. The fourth-order valence-electron chi connectivity index (χ4n) is 3.53. The number of aryl methyl sites for hydroxylation is 1. The molecule has 0 fully saturated rings. The Kier molecular flexibility index (Phi) is 8.04. The van der Waals surface area contributed by atoms with Gasteiger partial charge in [-0.1, -0.05) is 24.3 Å². The number of carbonyl (C=O) groups is 1. The standard InChI is InChI=1S/C26H28N4O3S/c1-3-4-5-12-24(31)27-18-8-7-11-21(16-18)33-25-22-17-34-14-13-23(22)29-26(30-25)28-19-9-6-10-20(15-19)32-2/h3-4,6-11,15-16H,5,12-14,17H2,1-2H3,(H,27,31)(H,28,29,30)/b4-3+. The van der Waals surface area contributed by atoms with E-state index in [2.05, 4.69) is 15.6 Å². The maximum Gasteiger partial charge on any atom is 0.230 e. The monoisotopic (exact) mass is 476 g/mol. The molecule has 0 bridgehead atoms. The first-order valence-electron chi connectivity index (χ1n) is 11.2. The molecule has 7 nitrogen and oxygen atoms in total. The van der Waals surface area contributed by atoms with Crippen LogP contribution in [0.5, 0.6) is 17.4 Å². The molecule has 0 saturated heterocycles. The molecule has 34 heavy (non-hydrogen) atoms. The lowest BCUT2D eigenvalue weighted by Gasteiger charge is -2.19. The van der Waals surface area contributed by atoms with E-state index in [1.165, 1.54) is 0 Å². The minimum absolute atomic E-state index is 0.0316. The van der Waals surface area contributed by atoms with Gasteiger partial charge >= 0.3 is 0 Å². The third kappa shape index (κ3) is 6.29. The SMILES string of the molecule is C/C=C/CCC(=O)Nc1cccc(Oc2nc(Nc3cccc(OC)c3)nc3c2CSCC3)c1. The predicted molar refractivity (Wildman–Crippen MR) is 137 cm³/mol. The van der Waals surface area contributed by atoms with Crippen molar-refractivity contribution in [1.29, 1.82) is 0 Å². The highest BCUT2D eigenvalue weighted by Crippen LogP contribution is 2.34. The summed E-state index contributed by atoms with van der Waals surface area (Å²) in [6, 6.07) is 15.0. The first-order valence-corrected chi connectivity index (χ1v) is 12.4. The van der Waals surface area contributed by atoms with Crippen molar-refractivity contribution >= 4 is 35.0 Å². The molecule has 1 aliphatic heterocycles. The van der Waals surface area contributed by atoms with E-state index in [0.29, 0.717) is 36.1 Å². The van der Waals surface area contributed by atoms with Crippen LogP contribution in [0.1, 0.15) is 31.0 Å². The molecular formula is C26H28N4O3S. The van der Waals surface area contributed by atoms with E-state index in [9.17, 15) is 4.79 Å². The minimum Gasteiger partial charge on any atom is -0.497 e. The molecule has 4 rings (SSSR count). The summed E-state index contributed by atoms with van der Waals surface area (Å²) in [4.78, 5) is 21.6. The summed E-state index contributed by atoms with van der Waals surface area (Å²) in [5.74, 6) is 4.13. The van der Waals surface area contributed by atoms with Gasteiger partial charge in [0.05, 0.1) is 12.8 Å². The Morgan fingerprint density at radius 1 is 1.12 bits per heavy atom. The second-order valence-electron chi connectivity index (χ2n) is 7.72. The number of fused-ring (bicyclic) bond motifs is 1. The van der Waals surface area contributed by atoms with Crippen molar-refractivity contribution in [3.63, 3.8) is 0 Å². The van der Waals surface area contributed by atoms with E-state index in [1.807, 2.05) is 79.4 Å². The third-order valence-corrected chi connectivity index (χ3v) is 6.20. The molecule has 0 aliphatic carbocycles. The average molecular weight is 477 g/mol. The highest BCUT2D eigenvalue weighted by molar-refractivity contribution is 7.98. The van der Waals surface area contributed by atoms with E-state index >= 15 is 0 Å². The Labute approximate surface area is 204 Å². The van der Waals surface area contributed by atoms with Crippen molar-refractivity contribution in [2.45, 2.75) is 31.9 Å². The zero-order valence-corrected chi connectivity index (χ0v) is 20.2. The zero-order chi connectivity index (χ0) is 23.8. The number of carbonyl (C=O) groups excluding carboxylic acids is 1. The van der Waals surface area contributed by atoms with Crippen LogP contribution >= 0.6 is 11.8 Å². The maximum absolute atomic E-state index is 12.2. The highest BCUT2D eigenvalue weighted by atomic mass is 32.2. The van der Waals surface area contributed by atoms with Crippen LogP contribution in [-0.2, 0) is 17.0 Å². The second kappa shape index (κ2) is 11.6. The molecule has 8 heteroatoms. The molecule has 2 heterocycles. The zero-order valence-electron chi connectivity index (χ0n) is 19.3. The molecule has 2 N–H and O–H groups in total. The number of nitrogens with zero attached hydrogens (tertiary/aromatic N) is 2. The van der Waals surface area contributed by atoms with Gasteiger partial charge in [0, 0.05) is 41.2 Å². The minimum atomic E-state index is -0.0316. The van der Waals surface area contributed by atoms with Gasteiger partial charge < -0.3 is 20.1 Å². The number of ether oxygens (including phenoxy) is 2. The largest absolute Gasteiger partial charge is 0.497 e. The lowest BCUT2D eigenvalue weighted by atomic mass is 10.2. The van der Waals surface area contributed by atoms with E-state index < -0.39 is 0 Å². The van der Waals surface area contributed by atoms with E-state index in [-0.39, 0.29) is 5.91 Å². The number of nitrogens with one attached hydrogen (secondary N) is 2. The summed E-state index contributed by atoms with van der Waals surface area (Å²) in [6.07, 6.45) is 5.93. The van der Waals surface area contributed by atoms with Crippen LogP contribution in [0, 0.1) is 0 Å². The molecule has 1 aromatic heterocycles. The molecule has 1 amide bonds. The van der Waals surface area contributed by atoms with E-state index in [4.69, 9.17) is 14.5 Å². The van der Waals surface area contributed by atoms with Crippen LogP contribution in [0.2, 0.25) is 0 Å². The summed E-state index contributed by atoms with van der Waals surface area (Å²) in [6.45, 7) is 1.95. The summed E-state index contributed by atoms with van der Waals surface area (Å²) in [5, 5.41) is 6.20. The molecule has 1 aliphatic rings. The molecule has 0 radical (unpaired) electrons. The molecule has 2 aromatic carbocycles. The van der Waals surface area contributed by atoms with Crippen molar-refractivity contribution in [2.75, 3.05) is 23.5 Å². The number of amides is 1. The predicted octanol–water partition coefficient (Wildman–Crippen LogP) is 6.11. The van der Waals surface area contributed by atoms with Gasteiger partial charge in [-0.15, -0.1) is 0 Å². The quantitative estimate of drug-likeness (QED) is 0.361. The first kappa shape index (κ1) is 23.6. The van der Waals surface area contributed by atoms with Crippen LogP contribution in [0.15, 0.2) is 60.7 Å². The summed E-state index contributed by atoms with van der Waals surface area (Å²) >= 11 is 1.84. The molecule has 3 aromatic rings. The lowest BCUT2D eigenvalue weighted by Crippen LogP contribution is -2.12. The van der Waals surface area contributed by atoms with Crippen LogP contribution < -0.4 is 20.1 Å². The molecule has 0 unspecified atom stereocenters. The number of anilines is 3. The van der Waals surface area contributed by atoms with Crippen molar-refractivity contribution in [3.05, 3.63) is 71.9 Å². The number of aromatic nitrogens is 2. The van der Waals surface area contributed by atoms with Gasteiger partial charge in [-0.05, 0) is 49.8 Å². The number of hydrogen-bond donors (Lipinski definition) is 2. The number of rotatable bonds is 9. The number of allylic oxidation sites excluding steroid dienone is 2. The molecule has 0 spiro atoms. The average Bonchev–Trinajstić information content (AvgIpc) is 2.84. The molecule has 176 valence electrons. The van der Waals surface area contributed by atoms with Crippen LogP contribution in [0.3, 0.4) is 0 Å².